The molecule has 3 aromatic carbocycles. The van der Waals surface area contributed by atoms with Crippen molar-refractivity contribution in [3.8, 4) is 0 Å². The molecule has 3 aromatic heterocycles. The third kappa shape index (κ3) is 7.15. The van der Waals surface area contributed by atoms with Gasteiger partial charge < -0.3 is 39.0 Å². The number of aliphatic hydroxyl groups is 1. The number of aromatic nitrogens is 3. The van der Waals surface area contributed by atoms with Crippen molar-refractivity contribution in [3.05, 3.63) is 108 Å². The van der Waals surface area contributed by atoms with Gasteiger partial charge in [0.1, 0.15) is 0 Å². The molecular weight excluding hydrogens is 638 g/mol. The number of H-pyrrole nitrogens is 3. The van der Waals surface area contributed by atoms with Crippen molar-refractivity contribution in [1.29, 1.82) is 0 Å². The maximum atomic E-state index is 13.4. The third-order valence-electron chi connectivity index (χ3n) is 9.37. The second-order valence-electron chi connectivity index (χ2n) is 12.7. The average molecular weight is 678 g/mol. The van der Waals surface area contributed by atoms with Crippen LogP contribution in [0, 0.1) is 0 Å². The van der Waals surface area contributed by atoms with Crippen molar-refractivity contribution >= 4 is 50.6 Å². The van der Waals surface area contributed by atoms with E-state index in [4.69, 9.17) is 18.9 Å². The SMILES string of the molecule is CC1OC(O)C(OC(=O)CCc2c[nH]c3ccccc23)C(OC(=O)CCc2c[nH]c3ccccc23)C1OC(=O)CCc1c[nH]c2ccccc12. The van der Waals surface area contributed by atoms with Crippen LogP contribution in [-0.4, -0.2) is 68.7 Å². The molecule has 4 N–H and O–H groups in total. The monoisotopic (exact) mass is 677 g/mol. The molecule has 0 saturated carbocycles. The van der Waals surface area contributed by atoms with Crippen LogP contribution in [-0.2, 0) is 52.6 Å². The molecule has 0 aliphatic carbocycles. The van der Waals surface area contributed by atoms with Gasteiger partial charge >= 0.3 is 17.9 Å². The van der Waals surface area contributed by atoms with E-state index in [0.29, 0.717) is 19.3 Å². The van der Waals surface area contributed by atoms with Crippen LogP contribution in [0.15, 0.2) is 91.4 Å². The van der Waals surface area contributed by atoms with Crippen molar-refractivity contribution in [3.63, 3.8) is 0 Å². The standard InChI is InChI=1S/C39H39N3O8/c1-23-36(48-33(43)17-14-24-20-40-30-11-5-2-8-27(24)30)37(49-34(44)18-15-25-21-41-31-12-6-3-9-28(25)31)38(39(46)47-23)50-35(45)19-16-26-22-42-32-13-7-4-10-29(26)32/h2-13,20-23,36-42,46H,14-19H2,1H3. The van der Waals surface area contributed by atoms with Gasteiger partial charge in [-0.05, 0) is 61.1 Å². The number of fused-ring (bicyclic) bond motifs is 3. The maximum Gasteiger partial charge on any atom is 0.306 e. The Bertz CT molecular complexity index is 2030. The molecule has 0 bridgehead atoms. The summed E-state index contributed by atoms with van der Waals surface area (Å²) >= 11 is 0. The first-order valence-electron chi connectivity index (χ1n) is 16.9. The molecule has 5 atom stereocenters. The fraction of sp³-hybridized carbons (Fsp3) is 0.308. The highest BCUT2D eigenvalue weighted by Crippen LogP contribution is 2.30. The summed E-state index contributed by atoms with van der Waals surface area (Å²) < 4.78 is 23.3. The number of para-hydroxylation sites is 3. The number of aliphatic hydroxyl groups excluding tert-OH is 1. The van der Waals surface area contributed by atoms with Gasteiger partial charge in [0.15, 0.2) is 24.6 Å². The van der Waals surface area contributed by atoms with Crippen LogP contribution in [0.25, 0.3) is 32.7 Å². The molecule has 1 fully saturated rings. The summed E-state index contributed by atoms with van der Waals surface area (Å²) in [6.07, 6.45) is 0.437. The Balaban J connectivity index is 1.06. The van der Waals surface area contributed by atoms with Crippen molar-refractivity contribution < 1.29 is 38.4 Å². The van der Waals surface area contributed by atoms with Gasteiger partial charge in [0.05, 0.1) is 6.10 Å². The first kappa shape index (κ1) is 33.1. The van der Waals surface area contributed by atoms with Crippen LogP contribution >= 0.6 is 0 Å². The summed E-state index contributed by atoms with van der Waals surface area (Å²) in [5.41, 5.74) is 5.72. The second kappa shape index (κ2) is 14.6. The Morgan fingerprint density at radius 2 is 0.940 bits per heavy atom. The lowest BCUT2D eigenvalue weighted by Gasteiger charge is -2.42. The minimum absolute atomic E-state index is 0.00305. The van der Waals surface area contributed by atoms with Crippen molar-refractivity contribution in [2.45, 2.75) is 76.2 Å². The number of aromatic amines is 3. The topological polar surface area (TPSA) is 156 Å². The fourth-order valence-corrected chi connectivity index (χ4v) is 6.77. The zero-order valence-electron chi connectivity index (χ0n) is 27.6. The molecule has 6 aromatic rings. The lowest BCUT2D eigenvalue weighted by atomic mass is 9.98. The van der Waals surface area contributed by atoms with Gasteiger partial charge in [-0.3, -0.25) is 14.4 Å². The van der Waals surface area contributed by atoms with Crippen molar-refractivity contribution in [2.75, 3.05) is 0 Å². The van der Waals surface area contributed by atoms with Crippen LogP contribution in [0.5, 0.6) is 0 Å². The second-order valence-corrected chi connectivity index (χ2v) is 12.7. The molecule has 0 spiro atoms. The highest BCUT2D eigenvalue weighted by atomic mass is 16.7. The summed E-state index contributed by atoms with van der Waals surface area (Å²) in [4.78, 5) is 49.5. The van der Waals surface area contributed by atoms with Crippen LogP contribution in [0.3, 0.4) is 0 Å². The van der Waals surface area contributed by atoms with E-state index >= 15 is 0 Å². The van der Waals surface area contributed by atoms with Crippen LogP contribution < -0.4 is 0 Å². The van der Waals surface area contributed by atoms with Crippen LogP contribution in [0.4, 0.5) is 0 Å². The number of rotatable bonds is 12. The molecule has 1 saturated heterocycles. The van der Waals surface area contributed by atoms with E-state index in [1.165, 1.54) is 0 Å². The Labute approximate surface area is 287 Å². The zero-order chi connectivity index (χ0) is 34.6. The first-order chi connectivity index (χ1) is 24.3. The Hall–Kier alpha value is -5.39. The highest BCUT2D eigenvalue weighted by molar-refractivity contribution is 5.85. The molecule has 0 radical (unpaired) electrons. The largest absolute Gasteiger partial charge is 0.455 e. The van der Waals surface area contributed by atoms with Crippen LogP contribution in [0.1, 0.15) is 42.9 Å². The number of aryl methyl sites for hydroxylation is 3. The molecule has 7 rings (SSSR count). The van der Waals surface area contributed by atoms with E-state index < -0.39 is 48.6 Å². The number of nitrogens with one attached hydrogen (secondary N) is 3. The molecule has 5 unspecified atom stereocenters. The van der Waals surface area contributed by atoms with E-state index in [-0.39, 0.29) is 19.3 Å². The zero-order valence-corrected chi connectivity index (χ0v) is 27.6. The van der Waals surface area contributed by atoms with E-state index in [0.717, 1.165) is 49.4 Å². The third-order valence-corrected chi connectivity index (χ3v) is 9.37. The van der Waals surface area contributed by atoms with Gasteiger partial charge in [0, 0.05) is 70.6 Å². The van der Waals surface area contributed by atoms with Crippen molar-refractivity contribution in [2.24, 2.45) is 0 Å². The fourth-order valence-electron chi connectivity index (χ4n) is 6.77. The van der Waals surface area contributed by atoms with E-state index in [1.807, 2.05) is 91.4 Å². The Morgan fingerprint density at radius 3 is 1.36 bits per heavy atom. The van der Waals surface area contributed by atoms with E-state index in [2.05, 4.69) is 15.0 Å². The summed E-state index contributed by atoms with van der Waals surface area (Å²) in [6.45, 7) is 1.61. The first-order valence-corrected chi connectivity index (χ1v) is 16.9. The number of hydrogen-bond acceptors (Lipinski definition) is 8. The minimum atomic E-state index is -1.62. The molecule has 11 heteroatoms. The highest BCUT2D eigenvalue weighted by Gasteiger charge is 2.50. The molecule has 1 aliphatic rings. The van der Waals surface area contributed by atoms with Gasteiger partial charge in [-0.2, -0.15) is 0 Å². The van der Waals surface area contributed by atoms with Gasteiger partial charge in [0.25, 0.3) is 0 Å². The number of hydrogen-bond donors (Lipinski definition) is 4. The Morgan fingerprint density at radius 1 is 0.580 bits per heavy atom. The summed E-state index contributed by atoms with van der Waals surface area (Å²) in [5.74, 6) is -1.76. The minimum Gasteiger partial charge on any atom is -0.455 e. The molecule has 0 amide bonds. The van der Waals surface area contributed by atoms with Gasteiger partial charge in [0.2, 0.25) is 0 Å². The Kier molecular flexibility index (Phi) is 9.68. The smallest absolute Gasteiger partial charge is 0.306 e. The number of carbonyl (C=O) groups is 3. The molecule has 50 heavy (non-hydrogen) atoms. The summed E-state index contributed by atoms with van der Waals surface area (Å²) in [7, 11) is 0. The summed E-state index contributed by atoms with van der Waals surface area (Å²) in [5, 5.41) is 14.0. The predicted molar refractivity (Wildman–Crippen MR) is 186 cm³/mol. The van der Waals surface area contributed by atoms with Crippen molar-refractivity contribution in [1.82, 2.24) is 15.0 Å². The molecule has 1 aliphatic heterocycles. The summed E-state index contributed by atoms with van der Waals surface area (Å²) in [6, 6.07) is 23.4. The lowest BCUT2D eigenvalue weighted by molar-refractivity contribution is -0.289. The number of esters is 3. The number of ether oxygens (including phenoxy) is 4. The molecular formula is C39H39N3O8. The lowest BCUT2D eigenvalue weighted by Crippen LogP contribution is -2.60. The van der Waals surface area contributed by atoms with Gasteiger partial charge in [-0.1, -0.05) is 54.6 Å². The number of carbonyl (C=O) groups excluding carboxylic acids is 3. The molecule has 4 heterocycles. The predicted octanol–water partition coefficient (Wildman–Crippen LogP) is 5.80. The molecule has 258 valence electrons. The normalized spacial score (nSPS) is 20.6. The molecule has 11 nitrogen and oxygen atoms in total. The van der Waals surface area contributed by atoms with E-state index in [9.17, 15) is 19.5 Å². The van der Waals surface area contributed by atoms with Gasteiger partial charge in [-0.25, -0.2) is 0 Å². The van der Waals surface area contributed by atoms with Crippen LogP contribution in [0.2, 0.25) is 0 Å². The van der Waals surface area contributed by atoms with Gasteiger partial charge in [-0.15, -0.1) is 0 Å². The average Bonchev–Trinajstić information content (AvgIpc) is 3.86. The quantitative estimate of drug-likeness (QED) is 0.0936. The maximum absolute atomic E-state index is 13.4. The van der Waals surface area contributed by atoms with E-state index in [1.54, 1.807) is 6.92 Å². The number of benzene rings is 3.